The summed E-state index contributed by atoms with van der Waals surface area (Å²) in [4.78, 5) is 10.5. The summed E-state index contributed by atoms with van der Waals surface area (Å²) in [6.07, 6.45) is 1.67. The SMILES string of the molecule is Cc1noc([C@H]2C[C@H](O)CN2Cc2ncc(Cl)cc2Cl)n1. The molecule has 0 radical (unpaired) electrons. The molecular weight excluding hydrogens is 315 g/mol. The van der Waals surface area contributed by atoms with Gasteiger partial charge >= 0.3 is 0 Å². The van der Waals surface area contributed by atoms with E-state index in [2.05, 4.69) is 15.1 Å². The second kappa shape index (κ2) is 5.88. The fourth-order valence-electron chi connectivity index (χ4n) is 2.51. The Labute approximate surface area is 131 Å². The van der Waals surface area contributed by atoms with E-state index in [4.69, 9.17) is 27.7 Å². The van der Waals surface area contributed by atoms with Crippen LogP contribution in [0.5, 0.6) is 0 Å². The molecule has 112 valence electrons. The molecule has 0 saturated carbocycles. The highest BCUT2D eigenvalue weighted by molar-refractivity contribution is 6.34. The maximum Gasteiger partial charge on any atom is 0.244 e. The van der Waals surface area contributed by atoms with Gasteiger partial charge in [0.25, 0.3) is 0 Å². The van der Waals surface area contributed by atoms with Crippen molar-refractivity contribution in [3.05, 3.63) is 39.7 Å². The number of aliphatic hydroxyl groups excluding tert-OH is 1. The van der Waals surface area contributed by atoms with Crippen molar-refractivity contribution < 1.29 is 9.63 Å². The molecule has 0 amide bonds. The number of halogens is 2. The number of β-amino-alcohol motifs (C(OH)–C–C–N with tert-alkyl or cyclic N) is 1. The fraction of sp³-hybridized carbons (Fsp3) is 0.462. The summed E-state index contributed by atoms with van der Waals surface area (Å²) in [6, 6.07) is 1.53. The molecule has 0 bridgehead atoms. The van der Waals surface area contributed by atoms with Gasteiger partial charge in [0.2, 0.25) is 5.89 Å². The molecule has 1 fully saturated rings. The number of aryl methyl sites for hydroxylation is 1. The largest absolute Gasteiger partial charge is 0.392 e. The lowest BCUT2D eigenvalue weighted by molar-refractivity contribution is 0.168. The zero-order valence-electron chi connectivity index (χ0n) is 11.3. The van der Waals surface area contributed by atoms with Gasteiger partial charge in [-0.25, -0.2) is 0 Å². The molecule has 21 heavy (non-hydrogen) atoms. The minimum atomic E-state index is -0.437. The van der Waals surface area contributed by atoms with Gasteiger partial charge in [-0.05, 0) is 19.4 Å². The van der Waals surface area contributed by atoms with E-state index in [1.54, 1.807) is 19.2 Å². The van der Waals surface area contributed by atoms with Crippen molar-refractivity contribution in [3.63, 3.8) is 0 Å². The van der Waals surface area contributed by atoms with Gasteiger partial charge in [0.1, 0.15) is 0 Å². The van der Waals surface area contributed by atoms with E-state index in [0.29, 0.717) is 47.0 Å². The highest BCUT2D eigenvalue weighted by atomic mass is 35.5. The molecule has 1 aliphatic rings. The van der Waals surface area contributed by atoms with Crippen molar-refractivity contribution in [2.75, 3.05) is 6.54 Å². The van der Waals surface area contributed by atoms with Crippen LogP contribution in [0.2, 0.25) is 10.0 Å². The highest BCUT2D eigenvalue weighted by Gasteiger charge is 2.36. The Kier molecular flexibility index (Phi) is 4.12. The first kappa shape index (κ1) is 14.7. The van der Waals surface area contributed by atoms with Gasteiger partial charge in [-0.1, -0.05) is 28.4 Å². The second-order valence-corrected chi connectivity index (χ2v) is 5.94. The molecule has 3 heterocycles. The third-order valence-electron chi connectivity index (χ3n) is 3.45. The first-order chi connectivity index (χ1) is 10.0. The van der Waals surface area contributed by atoms with E-state index < -0.39 is 6.10 Å². The number of aliphatic hydroxyl groups is 1. The lowest BCUT2D eigenvalue weighted by Gasteiger charge is -2.21. The van der Waals surface area contributed by atoms with Crippen molar-refractivity contribution in [2.24, 2.45) is 0 Å². The monoisotopic (exact) mass is 328 g/mol. The average molecular weight is 329 g/mol. The molecule has 0 spiro atoms. The summed E-state index contributed by atoms with van der Waals surface area (Å²) in [5.74, 6) is 1.09. The third-order valence-corrected chi connectivity index (χ3v) is 3.98. The third kappa shape index (κ3) is 3.18. The van der Waals surface area contributed by atoms with Crippen molar-refractivity contribution in [2.45, 2.75) is 32.0 Å². The van der Waals surface area contributed by atoms with Crippen LogP contribution in [0.1, 0.15) is 29.9 Å². The Morgan fingerprint density at radius 2 is 2.29 bits per heavy atom. The lowest BCUT2D eigenvalue weighted by atomic mass is 10.2. The van der Waals surface area contributed by atoms with E-state index in [0.717, 1.165) is 0 Å². The predicted molar refractivity (Wildman–Crippen MR) is 77.1 cm³/mol. The Bertz CT molecular complexity index is 649. The summed E-state index contributed by atoms with van der Waals surface area (Å²) in [5, 5.41) is 14.7. The molecule has 6 nitrogen and oxygen atoms in total. The maximum atomic E-state index is 9.92. The number of nitrogens with zero attached hydrogens (tertiary/aromatic N) is 4. The molecule has 2 aromatic rings. The first-order valence-electron chi connectivity index (χ1n) is 6.55. The van der Waals surface area contributed by atoms with Gasteiger partial charge in [0.05, 0.1) is 27.9 Å². The number of hydrogen-bond acceptors (Lipinski definition) is 6. The van der Waals surface area contributed by atoms with E-state index in [-0.39, 0.29) is 6.04 Å². The van der Waals surface area contributed by atoms with Crippen molar-refractivity contribution in [3.8, 4) is 0 Å². The molecule has 0 aromatic carbocycles. The van der Waals surface area contributed by atoms with Crippen LogP contribution in [-0.4, -0.2) is 37.8 Å². The summed E-state index contributed by atoms with van der Waals surface area (Å²) in [6.45, 7) is 2.76. The summed E-state index contributed by atoms with van der Waals surface area (Å²) >= 11 is 12.0. The number of aromatic nitrogens is 3. The fourth-order valence-corrected chi connectivity index (χ4v) is 2.95. The van der Waals surface area contributed by atoms with Gasteiger partial charge in [0.15, 0.2) is 5.82 Å². The van der Waals surface area contributed by atoms with Gasteiger partial charge in [-0.2, -0.15) is 4.98 Å². The first-order valence-corrected chi connectivity index (χ1v) is 7.31. The number of hydrogen-bond donors (Lipinski definition) is 1. The number of rotatable bonds is 3. The van der Waals surface area contributed by atoms with E-state index >= 15 is 0 Å². The topological polar surface area (TPSA) is 75.3 Å². The smallest absolute Gasteiger partial charge is 0.244 e. The standard InChI is InChI=1S/C13H14Cl2N4O2/c1-7-17-13(21-18-7)12-3-9(20)5-19(12)6-11-10(15)2-8(14)4-16-11/h2,4,9,12,20H,3,5-6H2,1H3/t9-,12+/m0/s1. The minimum Gasteiger partial charge on any atom is -0.392 e. The molecule has 2 aromatic heterocycles. The van der Waals surface area contributed by atoms with Crippen LogP contribution in [0.15, 0.2) is 16.8 Å². The van der Waals surface area contributed by atoms with Gasteiger partial charge in [-0.3, -0.25) is 9.88 Å². The Balaban J connectivity index is 1.82. The van der Waals surface area contributed by atoms with Crippen molar-refractivity contribution in [1.29, 1.82) is 0 Å². The number of likely N-dealkylation sites (tertiary alicyclic amines) is 1. The second-order valence-electron chi connectivity index (χ2n) is 5.10. The van der Waals surface area contributed by atoms with Crippen LogP contribution < -0.4 is 0 Å². The Morgan fingerprint density at radius 3 is 2.95 bits per heavy atom. The summed E-state index contributed by atoms with van der Waals surface area (Å²) < 4.78 is 5.23. The lowest BCUT2D eigenvalue weighted by Crippen LogP contribution is -2.25. The zero-order valence-corrected chi connectivity index (χ0v) is 12.8. The highest BCUT2D eigenvalue weighted by Crippen LogP contribution is 2.33. The summed E-state index contributed by atoms with van der Waals surface area (Å²) in [7, 11) is 0. The molecule has 2 atom stereocenters. The van der Waals surface area contributed by atoms with E-state index in [1.165, 1.54) is 0 Å². The van der Waals surface area contributed by atoms with E-state index in [1.807, 2.05) is 4.90 Å². The molecule has 1 aliphatic heterocycles. The van der Waals surface area contributed by atoms with Crippen LogP contribution in [0.4, 0.5) is 0 Å². The zero-order chi connectivity index (χ0) is 15.0. The number of pyridine rings is 1. The van der Waals surface area contributed by atoms with Gasteiger partial charge in [-0.15, -0.1) is 0 Å². The van der Waals surface area contributed by atoms with Crippen LogP contribution in [-0.2, 0) is 6.54 Å². The molecule has 0 aliphatic carbocycles. The molecule has 0 unspecified atom stereocenters. The molecule has 8 heteroatoms. The molecule has 3 rings (SSSR count). The molecular formula is C13H14Cl2N4O2. The van der Waals surface area contributed by atoms with Gasteiger partial charge < -0.3 is 9.63 Å². The Hall–Kier alpha value is -1.21. The van der Waals surface area contributed by atoms with Crippen LogP contribution >= 0.6 is 23.2 Å². The van der Waals surface area contributed by atoms with Crippen molar-refractivity contribution >= 4 is 23.2 Å². The van der Waals surface area contributed by atoms with Crippen LogP contribution in [0.3, 0.4) is 0 Å². The predicted octanol–water partition coefficient (Wildman–Crippen LogP) is 2.39. The van der Waals surface area contributed by atoms with Crippen molar-refractivity contribution in [1.82, 2.24) is 20.0 Å². The van der Waals surface area contributed by atoms with Crippen LogP contribution in [0.25, 0.3) is 0 Å². The van der Waals surface area contributed by atoms with Crippen LogP contribution in [0, 0.1) is 6.92 Å². The quantitative estimate of drug-likeness (QED) is 0.932. The van der Waals surface area contributed by atoms with E-state index in [9.17, 15) is 5.11 Å². The minimum absolute atomic E-state index is 0.130. The summed E-state index contributed by atoms with van der Waals surface area (Å²) in [5.41, 5.74) is 0.705. The molecule has 1 saturated heterocycles. The molecule has 1 N–H and O–H groups in total. The Morgan fingerprint density at radius 1 is 1.48 bits per heavy atom. The average Bonchev–Trinajstić information content (AvgIpc) is 2.99. The maximum absolute atomic E-state index is 9.92. The van der Waals surface area contributed by atoms with Gasteiger partial charge in [0, 0.05) is 19.3 Å². The normalized spacial score (nSPS) is 22.9.